The number of carbonyl (C=O) groups is 1. The second-order valence-corrected chi connectivity index (χ2v) is 5.23. The lowest BCUT2D eigenvalue weighted by atomic mass is 10.1. The van der Waals surface area contributed by atoms with Gasteiger partial charge in [-0.1, -0.05) is 5.10 Å². The van der Waals surface area contributed by atoms with Gasteiger partial charge in [0.25, 0.3) is 11.8 Å². The van der Waals surface area contributed by atoms with Crippen molar-refractivity contribution in [3.8, 4) is 23.1 Å². The van der Waals surface area contributed by atoms with Crippen molar-refractivity contribution in [2.75, 3.05) is 19.5 Å². The molecule has 0 unspecified atom stereocenters. The monoisotopic (exact) mass is 343 g/mol. The van der Waals surface area contributed by atoms with Gasteiger partial charge < -0.3 is 13.9 Å². The van der Waals surface area contributed by atoms with Crippen molar-refractivity contribution < 1.29 is 18.7 Å². The minimum atomic E-state index is -0.455. The summed E-state index contributed by atoms with van der Waals surface area (Å²) in [6.07, 6.45) is 0. The molecule has 3 aromatic rings. The van der Waals surface area contributed by atoms with E-state index in [-0.39, 0.29) is 17.5 Å². The quantitative estimate of drug-likeness (QED) is 0.756. The Hall–Kier alpha value is -3.36. The van der Waals surface area contributed by atoms with Gasteiger partial charge >= 0.3 is 6.01 Å². The first kappa shape index (κ1) is 16.5. The van der Waals surface area contributed by atoms with Crippen LogP contribution >= 0.6 is 0 Å². The molecule has 1 amide bonds. The van der Waals surface area contributed by atoms with Crippen LogP contribution < -0.4 is 14.8 Å². The molecule has 9 nitrogen and oxygen atoms in total. The molecule has 0 aliphatic heterocycles. The predicted octanol–water partition coefficient (Wildman–Crippen LogP) is 2.05. The maximum absolute atomic E-state index is 12.5. The summed E-state index contributed by atoms with van der Waals surface area (Å²) < 4.78 is 17.5. The summed E-state index contributed by atoms with van der Waals surface area (Å²) in [4.78, 5) is 12.5. The lowest BCUT2D eigenvalue weighted by molar-refractivity contribution is 0.102. The number of aromatic nitrogens is 4. The standard InChI is InChI=1S/C16H17N5O4/c1-9-7-12(20-21(9)2)15-18-19-16(25-15)17-14(22)11-8-10(23-3)5-6-13(11)24-4/h5-8H,1-4H3,(H,17,19,22). The Balaban J connectivity index is 1.82. The Labute approximate surface area is 143 Å². The predicted molar refractivity (Wildman–Crippen MR) is 88.7 cm³/mol. The fraction of sp³-hybridized carbons (Fsp3) is 0.250. The highest BCUT2D eigenvalue weighted by Gasteiger charge is 2.18. The number of hydrogen-bond donors (Lipinski definition) is 1. The van der Waals surface area contributed by atoms with E-state index in [1.807, 2.05) is 20.0 Å². The van der Waals surface area contributed by atoms with Crippen LogP contribution in [-0.4, -0.2) is 40.1 Å². The second kappa shape index (κ2) is 6.63. The fourth-order valence-corrected chi connectivity index (χ4v) is 2.20. The molecular formula is C16H17N5O4. The molecule has 0 bridgehead atoms. The summed E-state index contributed by atoms with van der Waals surface area (Å²) in [5.74, 6) is 0.694. The van der Waals surface area contributed by atoms with Crippen LogP contribution in [0, 0.1) is 6.92 Å². The number of rotatable bonds is 5. The van der Waals surface area contributed by atoms with Gasteiger partial charge in [-0.3, -0.25) is 14.8 Å². The van der Waals surface area contributed by atoms with Crippen LogP contribution in [0.25, 0.3) is 11.6 Å². The smallest absolute Gasteiger partial charge is 0.322 e. The largest absolute Gasteiger partial charge is 0.497 e. The maximum atomic E-state index is 12.5. The number of benzene rings is 1. The first-order chi connectivity index (χ1) is 12.0. The summed E-state index contributed by atoms with van der Waals surface area (Å²) in [6.45, 7) is 1.91. The van der Waals surface area contributed by atoms with Gasteiger partial charge in [-0.25, -0.2) is 0 Å². The Morgan fingerprint density at radius 2 is 2.00 bits per heavy atom. The molecule has 130 valence electrons. The van der Waals surface area contributed by atoms with Crippen LogP contribution in [0.15, 0.2) is 28.7 Å². The summed E-state index contributed by atoms with van der Waals surface area (Å²) in [6, 6.07) is 6.68. The van der Waals surface area contributed by atoms with Crippen LogP contribution in [0.1, 0.15) is 16.1 Å². The molecule has 2 aromatic heterocycles. The highest BCUT2D eigenvalue weighted by molar-refractivity contribution is 6.05. The molecule has 0 spiro atoms. The van der Waals surface area contributed by atoms with E-state index in [1.54, 1.807) is 22.9 Å². The van der Waals surface area contributed by atoms with Crippen molar-refractivity contribution in [1.82, 2.24) is 20.0 Å². The third-order valence-corrected chi connectivity index (χ3v) is 3.63. The van der Waals surface area contributed by atoms with Crippen LogP contribution in [0.3, 0.4) is 0 Å². The zero-order valence-corrected chi connectivity index (χ0v) is 14.2. The van der Waals surface area contributed by atoms with E-state index >= 15 is 0 Å². The number of hydrogen-bond acceptors (Lipinski definition) is 7. The van der Waals surface area contributed by atoms with Crippen molar-refractivity contribution >= 4 is 11.9 Å². The van der Waals surface area contributed by atoms with Gasteiger partial charge in [-0.2, -0.15) is 5.10 Å². The topological polar surface area (TPSA) is 104 Å². The Bertz CT molecular complexity index is 896. The number of ether oxygens (including phenoxy) is 2. The number of anilines is 1. The third-order valence-electron chi connectivity index (χ3n) is 3.63. The molecule has 25 heavy (non-hydrogen) atoms. The van der Waals surface area contributed by atoms with Crippen molar-refractivity contribution in [3.63, 3.8) is 0 Å². The molecule has 2 heterocycles. The zero-order chi connectivity index (χ0) is 18.0. The summed E-state index contributed by atoms with van der Waals surface area (Å²) in [5, 5.41) is 14.5. The molecule has 1 aromatic carbocycles. The number of methoxy groups -OCH3 is 2. The summed E-state index contributed by atoms with van der Waals surface area (Å²) in [5.41, 5.74) is 1.77. The van der Waals surface area contributed by atoms with E-state index in [9.17, 15) is 4.79 Å². The van der Waals surface area contributed by atoms with Gasteiger partial charge in [0.1, 0.15) is 17.2 Å². The molecule has 0 aliphatic carbocycles. The Kier molecular flexibility index (Phi) is 4.38. The first-order valence-corrected chi connectivity index (χ1v) is 7.39. The van der Waals surface area contributed by atoms with E-state index in [1.165, 1.54) is 14.2 Å². The highest BCUT2D eigenvalue weighted by Crippen LogP contribution is 2.25. The van der Waals surface area contributed by atoms with Crippen LogP contribution in [0.2, 0.25) is 0 Å². The number of nitrogens with one attached hydrogen (secondary N) is 1. The second-order valence-electron chi connectivity index (χ2n) is 5.23. The normalized spacial score (nSPS) is 10.6. The molecule has 0 saturated carbocycles. The minimum absolute atomic E-state index is 0.0341. The number of amides is 1. The molecule has 3 rings (SSSR count). The van der Waals surface area contributed by atoms with E-state index in [2.05, 4.69) is 20.6 Å². The van der Waals surface area contributed by atoms with Crippen LogP contribution in [-0.2, 0) is 7.05 Å². The van der Waals surface area contributed by atoms with Crippen molar-refractivity contribution in [2.45, 2.75) is 6.92 Å². The van der Waals surface area contributed by atoms with Gasteiger partial charge in [0.2, 0.25) is 0 Å². The number of aryl methyl sites for hydroxylation is 2. The van der Waals surface area contributed by atoms with Crippen molar-refractivity contribution in [2.24, 2.45) is 7.05 Å². The highest BCUT2D eigenvalue weighted by atomic mass is 16.5. The van der Waals surface area contributed by atoms with Gasteiger partial charge in [0.05, 0.1) is 19.8 Å². The van der Waals surface area contributed by atoms with Crippen LogP contribution in [0.5, 0.6) is 11.5 Å². The third kappa shape index (κ3) is 3.30. The van der Waals surface area contributed by atoms with Gasteiger partial charge in [-0.05, 0) is 31.2 Å². The zero-order valence-electron chi connectivity index (χ0n) is 14.2. The molecule has 0 saturated heterocycles. The molecule has 9 heteroatoms. The van der Waals surface area contributed by atoms with Crippen LogP contribution in [0.4, 0.5) is 6.01 Å². The molecule has 0 fully saturated rings. The van der Waals surface area contributed by atoms with E-state index in [0.29, 0.717) is 17.2 Å². The Morgan fingerprint density at radius 3 is 2.64 bits per heavy atom. The average molecular weight is 343 g/mol. The average Bonchev–Trinajstić information content (AvgIpc) is 3.21. The number of carbonyl (C=O) groups excluding carboxylic acids is 1. The Morgan fingerprint density at radius 1 is 1.20 bits per heavy atom. The molecule has 1 N–H and O–H groups in total. The lowest BCUT2D eigenvalue weighted by Crippen LogP contribution is -2.13. The summed E-state index contributed by atoms with van der Waals surface area (Å²) in [7, 11) is 4.81. The van der Waals surface area contributed by atoms with E-state index < -0.39 is 5.91 Å². The first-order valence-electron chi connectivity index (χ1n) is 7.39. The van der Waals surface area contributed by atoms with Gasteiger partial charge in [0.15, 0.2) is 0 Å². The fourth-order valence-electron chi connectivity index (χ4n) is 2.20. The molecular weight excluding hydrogens is 326 g/mol. The SMILES string of the molecule is COc1ccc(OC)c(C(=O)Nc2nnc(-c3cc(C)n(C)n3)o2)c1. The molecule has 0 atom stereocenters. The van der Waals surface area contributed by atoms with E-state index in [0.717, 1.165) is 5.69 Å². The minimum Gasteiger partial charge on any atom is -0.497 e. The molecule has 0 radical (unpaired) electrons. The summed E-state index contributed by atoms with van der Waals surface area (Å²) >= 11 is 0. The number of nitrogens with zero attached hydrogens (tertiary/aromatic N) is 4. The van der Waals surface area contributed by atoms with Crippen molar-refractivity contribution in [3.05, 3.63) is 35.5 Å². The van der Waals surface area contributed by atoms with E-state index in [4.69, 9.17) is 13.9 Å². The molecule has 0 aliphatic rings. The van der Waals surface area contributed by atoms with Gasteiger partial charge in [-0.15, -0.1) is 5.10 Å². The maximum Gasteiger partial charge on any atom is 0.322 e. The van der Waals surface area contributed by atoms with Crippen molar-refractivity contribution in [1.29, 1.82) is 0 Å². The van der Waals surface area contributed by atoms with Gasteiger partial charge in [0, 0.05) is 12.7 Å². The lowest BCUT2D eigenvalue weighted by Gasteiger charge is -2.09.